The number of fused-ring (bicyclic) bond motifs is 2. The van der Waals surface area contributed by atoms with Crippen molar-refractivity contribution in [3.63, 3.8) is 0 Å². The van der Waals surface area contributed by atoms with E-state index < -0.39 is 0 Å². The molecule has 0 N–H and O–H groups in total. The molecule has 5 atom stereocenters. The van der Waals surface area contributed by atoms with Gasteiger partial charge in [0.1, 0.15) is 11.5 Å². The number of esters is 1. The van der Waals surface area contributed by atoms with E-state index in [4.69, 9.17) is 16.3 Å². The highest BCUT2D eigenvalue weighted by atomic mass is 35.5. The highest BCUT2D eigenvalue weighted by molar-refractivity contribution is 6.26. The lowest BCUT2D eigenvalue weighted by Crippen LogP contribution is -2.53. The summed E-state index contributed by atoms with van der Waals surface area (Å²) < 4.78 is 5.70. The third kappa shape index (κ3) is 1.99. The van der Waals surface area contributed by atoms with E-state index in [1.165, 1.54) is 32.1 Å². The molecule has 3 aliphatic carbocycles. The van der Waals surface area contributed by atoms with Gasteiger partial charge in [0.15, 0.2) is 0 Å². The maximum Gasteiger partial charge on any atom is 0.321 e. The molecule has 3 aliphatic rings. The van der Waals surface area contributed by atoms with Crippen molar-refractivity contribution in [1.82, 2.24) is 0 Å². The van der Waals surface area contributed by atoms with Crippen LogP contribution in [0.1, 0.15) is 45.4 Å². The van der Waals surface area contributed by atoms with Crippen molar-refractivity contribution in [3.05, 3.63) is 0 Å². The van der Waals surface area contributed by atoms with Gasteiger partial charge in [0, 0.05) is 0 Å². The fourth-order valence-electron chi connectivity index (χ4n) is 4.66. The van der Waals surface area contributed by atoms with Crippen molar-refractivity contribution in [1.29, 1.82) is 0 Å². The second kappa shape index (κ2) is 4.15. The number of rotatable bonds is 2. The van der Waals surface area contributed by atoms with Crippen LogP contribution in [0.3, 0.4) is 0 Å². The Morgan fingerprint density at radius 1 is 1.29 bits per heavy atom. The quantitative estimate of drug-likeness (QED) is 0.559. The SMILES string of the molecule is CC1(OC(=O)CCl)CC2CCC3CC2CC1C3. The first kappa shape index (κ1) is 11.8. The van der Waals surface area contributed by atoms with Crippen LogP contribution in [0.15, 0.2) is 0 Å². The molecule has 0 aliphatic heterocycles. The highest BCUT2D eigenvalue weighted by Crippen LogP contribution is 2.56. The molecule has 0 aromatic rings. The van der Waals surface area contributed by atoms with Gasteiger partial charge in [-0.15, -0.1) is 11.6 Å². The summed E-state index contributed by atoms with van der Waals surface area (Å²) in [5.74, 6) is 2.92. The van der Waals surface area contributed by atoms with Crippen molar-refractivity contribution in [3.8, 4) is 0 Å². The monoisotopic (exact) mass is 256 g/mol. The highest BCUT2D eigenvalue weighted by Gasteiger charge is 2.52. The topological polar surface area (TPSA) is 26.3 Å². The Morgan fingerprint density at radius 2 is 2.12 bits per heavy atom. The standard InChI is InChI=1S/C14H21ClO2/c1-14(17-13(16)8-15)7-10-3-2-9-4-11(10)6-12(14)5-9/h9-12H,2-8H2,1H3. The Kier molecular flexibility index (Phi) is 2.89. The summed E-state index contributed by atoms with van der Waals surface area (Å²) in [4.78, 5) is 11.5. The Hall–Kier alpha value is -0.240. The number of carbonyl (C=O) groups excluding carboxylic acids is 1. The first-order valence-corrected chi connectivity index (χ1v) is 7.42. The first-order chi connectivity index (χ1) is 8.10. The normalized spacial score (nSPS) is 47.9. The average molecular weight is 257 g/mol. The lowest BCUT2D eigenvalue weighted by Gasteiger charge is -2.55. The molecular formula is C14H21ClO2. The summed E-state index contributed by atoms with van der Waals surface area (Å²) >= 11 is 5.57. The van der Waals surface area contributed by atoms with Crippen molar-refractivity contribution in [2.75, 3.05) is 5.88 Å². The fraction of sp³-hybridized carbons (Fsp3) is 0.929. The Labute approximate surface area is 108 Å². The van der Waals surface area contributed by atoms with E-state index in [-0.39, 0.29) is 17.5 Å². The number of alkyl halides is 1. The van der Waals surface area contributed by atoms with E-state index >= 15 is 0 Å². The molecule has 3 fully saturated rings. The summed E-state index contributed by atoms with van der Waals surface area (Å²) in [5, 5.41) is 0. The predicted octanol–water partition coefficient (Wildman–Crippen LogP) is 3.37. The fourth-order valence-corrected chi connectivity index (χ4v) is 4.71. The van der Waals surface area contributed by atoms with E-state index in [1.54, 1.807) is 0 Å². The number of ether oxygens (including phenoxy) is 1. The van der Waals surface area contributed by atoms with Crippen molar-refractivity contribution in [2.45, 2.75) is 51.0 Å². The lowest BCUT2D eigenvalue weighted by molar-refractivity contribution is -0.180. The zero-order chi connectivity index (χ0) is 12.0. The van der Waals surface area contributed by atoms with Crippen LogP contribution in [0.25, 0.3) is 0 Å². The molecule has 0 radical (unpaired) electrons. The molecule has 0 spiro atoms. The van der Waals surface area contributed by atoms with E-state index in [9.17, 15) is 4.79 Å². The molecule has 0 saturated heterocycles. The Bertz CT molecular complexity index is 328. The van der Waals surface area contributed by atoms with Crippen LogP contribution in [0.2, 0.25) is 0 Å². The van der Waals surface area contributed by atoms with Gasteiger partial charge in [-0.2, -0.15) is 0 Å². The summed E-state index contributed by atoms with van der Waals surface area (Å²) in [6, 6.07) is 0. The zero-order valence-electron chi connectivity index (χ0n) is 10.5. The zero-order valence-corrected chi connectivity index (χ0v) is 11.2. The predicted molar refractivity (Wildman–Crippen MR) is 66.9 cm³/mol. The maximum absolute atomic E-state index is 11.5. The van der Waals surface area contributed by atoms with Crippen LogP contribution in [0, 0.1) is 23.7 Å². The minimum atomic E-state index is -0.242. The number of hydrogen-bond acceptors (Lipinski definition) is 2. The Balaban J connectivity index is 1.80. The van der Waals surface area contributed by atoms with Crippen LogP contribution < -0.4 is 0 Å². The molecule has 3 saturated carbocycles. The molecule has 0 amide bonds. The van der Waals surface area contributed by atoms with Gasteiger partial charge in [0.05, 0.1) is 0 Å². The summed E-state index contributed by atoms with van der Waals surface area (Å²) in [6.07, 6.45) is 7.77. The van der Waals surface area contributed by atoms with Crippen molar-refractivity contribution < 1.29 is 9.53 Å². The second-order valence-electron chi connectivity index (χ2n) is 6.49. The summed E-state index contributed by atoms with van der Waals surface area (Å²) in [7, 11) is 0. The number of halogens is 1. The lowest BCUT2D eigenvalue weighted by atomic mass is 9.53. The van der Waals surface area contributed by atoms with Gasteiger partial charge in [-0.1, -0.05) is 6.42 Å². The van der Waals surface area contributed by atoms with E-state index in [0.29, 0.717) is 5.92 Å². The molecule has 0 aromatic carbocycles. The molecule has 5 unspecified atom stereocenters. The summed E-state index contributed by atoms with van der Waals surface area (Å²) in [5.41, 5.74) is -0.230. The molecule has 0 heterocycles. The van der Waals surface area contributed by atoms with Gasteiger partial charge in [-0.25, -0.2) is 0 Å². The van der Waals surface area contributed by atoms with Crippen LogP contribution in [-0.2, 0) is 9.53 Å². The van der Waals surface area contributed by atoms with Crippen molar-refractivity contribution >= 4 is 17.6 Å². The largest absolute Gasteiger partial charge is 0.458 e. The van der Waals surface area contributed by atoms with Crippen LogP contribution >= 0.6 is 11.6 Å². The van der Waals surface area contributed by atoms with Crippen LogP contribution in [-0.4, -0.2) is 17.5 Å². The number of hydrogen-bond donors (Lipinski definition) is 0. The Morgan fingerprint density at radius 3 is 2.88 bits per heavy atom. The van der Waals surface area contributed by atoms with Crippen LogP contribution in [0.5, 0.6) is 0 Å². The molecule has 96 valence electrons. The molecule has 2 nitrogen and oxygen atoms in total. The number of carbonyl (C=O) groups is 1. The van der Waals surface area contributed by atoms with Gasteiger partial charge in [-0.3, -0.25) is 4.79 Å². The molecule has 0 aromatic heterocycles. The average Bonchev–Trinajstić information content (AvgIpc) is 2.31. The third-order valence-electron chi connectivity index (χ3n) is 5.44. The van der Waals surface area contributed by atoms with E-state index in [1.807, 2.05) is 0 Å². The first-order valence-electron chi connectivity index (χ1n) is 6.88. The smallest absolute Gasteiger partial charge is 0.321 e. The van der Waals surface area contributed by atoms with E-state index in [2.05, 4.69) is 6.92 Å². The minimum absolute atomic E-state index is 0.0141. The van der Waals surface area contributed by atoms with E-state index in [0.717, 1.165) is 24.2 Å². The molecule has 3 rings (SSSR count). The van der Waals surface area contributed by atoms with Gasteiger partial charge in [0.2, 0.25) is 0 Å². The van der Waals surface area contributed by atoms with Gasteiger partial charge in [0.25, 0.3) is 0 Å². The second-order valence-corrected chi connectivity index (χ2v) is 6.76. The maximum atomic E-state index is 11.5. The third-order valence-corrected chi connectivity index (χ3v) is 5.66. The van der Waals surface area contributed by atoms with Crippen molar-refractivity contribution in [2.24, 2.45) is 23.7 Å². The molecule has 3 heteroatoms. The van der Waals surface area contributed by atoms with Gasteiger partial charge >= 0.3 is 5.97 Å². The molecule has 17 heavy (non-hydrogen) atoms. The molecule has 3 bridgehead atoms. The molecular weight excluding hydrogens is 236 g/mol. The minimum Gasteiger partial charge on any atom is -0.458 e. The van der Waals surface area contributed by atoms with Gasteiger partial charge < -0.3 is 4.74 Å². The summed E-state index contributed by atoms with van der Waals surface area (Å²) in [6.45, 7) is 2.14. The van der Waals surface area contributed by atoms with Crippen LogP contribution in [0.4, 0.5) is 0 Å². The van der Waals surface area contributed by atoms with Gasteiger partial charge in [-0.05, 0) is 62.7 Å².